The molecule has 2 aromatic rings. The van der Waals surface area contributed by atoms with E-state index >= 15 is 0 Å². The van der Waals surface area contributed by atoms with Crippen LogP contribution >= 0.6 is 0 Å². The van der Waals surface area contributed by atoms with Gasteiger partial charge in [0.2, 0.25) is 0 Å². The fourth-order valence-corrected chi connectivity index (χ4v) is 1.85. The molecule has 19 heavy (non-hydrogen) atoms. The lowest BCUT2D eigenvalue weighted by Crippen LogP contribution is -2.10. The number of carbonyl (C=O) groups is 1. The Balaban J connectivity index is 2.28. The molecule has 1 heterocycles. The topological polar surface area (TPSA) is 39.2 Å². The van der Waals surface area contributed by atoms with Gasteiger partial charge in [0.1, 0.15) is 5.75 Å². The largest absolute Gasteiger partial charge is 0.423 e. The minimum absolute atomic E-state index is 0.303. The molecule has 0 bridgehead atoms. The Kier molecular flexibility index (Phi) is 3.95. The van der Waals surface area contributed by atoms with Crippen molar-refractivity contribution in [3.8, 4) is 5.75 Å². The van der Waals surface area contributed by atoms with Crippen LogP contribution in [0.15, 0.2) is 42.7 Å². The summed E-state index contributed by atoms with van der Waals surface area (Å²) in [7, 11) is 0. The first-order chi connectivity index (χ1) is 9.08. The summed E-state index contributed by atoms with van der Waals surface area (Å²) in [6.45, 7) is 6.13. The number of ether oxygens (including phenoxy) is 1. The van der Waals surface area contributed by atoms with Gasteiger partial charge in [-0.1, -0.05) is 26.0 Å². The second-order valence-corrected chi connectivity index (χ2v) is 4.83. The maximum absolute atomic E-state index is 12.0. The Hall–Kier alpha value is -2.16. The summed E-state index contributed by atoms with van der Waals surface area (Å²) in [4.78, 5) is 16.0. The molecule has 0 radical (unpaired) electrons. The molecular formula is C16H17NO2. The number of rotatable bonds is 3. The predicted molar refractivity (Wildman–Crippen MR) is 74.5 cm³/mol. The van der Waals surface area contributed by atoms with Crippen LogP contribution in [0.4, 0.5) is 0 Å². The van der Waals surface area contributed by atoms with E-state index in [1.807, 2.05) is 25.1 Å². The molecule has 0 aliphatic heterocycles. The summed E-state index contributed by atoms with van der Waals surface area (Å²) in [6.07, 6.45) is 3.14. The van der Waals surface area contributed by atoms with Crippen molar-refractivity contribution in [3.05, 3.63) is 59.4 Å². The summed E-state index contributed by atoms with van der Waals surface area (Å²) in [5.74, 6) is 0.557. The van der Waals surface area contributed by atoms with Gasteiger partial charge in [-0.25, -0.2) is 4.79 Å². The second-order valence-electron chi connectivity index (χ2n) is 4.83. The van der Waals surface area contributed by atoms with E-state index < -0.39 is 0 Å². The number of aryl methyl sites for hydroxylation is 1. The zero-order valence-corrected chi connectivity index (χ0v) is 11.4. The molecule has 0 aliphatic rings. The van der Waals surface area contributed by atoms with E-state index in [1.165, 1.54) is 6.20 Å². The van der Waals surface area contributed by atoms with Crippen molar-refractivity contribution in [2.75, 3.05) is 0 Å². The minimum atomic E-state index is -0.374. The lowest BCUT2D eigenvalue weighted by Gasteiger charge is -2.13. The highest BCUT2D eigenvalue weighted by Gasteiger charge is 2.13. The van der Waals surface area contributed by atoms with Gasteiger partial charge in [-0.3, -0.25) is 4.98 Å². The van der Waals surface area contributed by atoms with E-state index in [4.69, 9.17) is 4.74 Å². The highest BCUT2D eigenvalue weighted by molar-refractivity contribution is 5.90. The Morgan fingerprint density at radius 1 is 1.26 bits per heavy atom. The monoisotopic (exact) mass is 255 g/mol. The first-order valence-corrected chi connectivity index (χ1v) is 6.30. The number of hydrogen-bond acceptors (Lipinski definition) is 3. The normalized spacial score (nSPS) is 10.5. The summed E-state index contributed by atoms with van der Waals surface area (Å²) in [5, 5.41) is 0. The van der Waals surface area contributed by atoms with Crippen LogP contribution in [0.5, 0.6) is 5.75 Å². The van der Waals surface area contributed by atoms with Crippen LogP contribution in [0.3, 0.4) is 0 Å². The van der Waals surface area contributed by atoms with Gasteiger partial charge in [-0.15, -0.1) is 0 Å². The molecule has 1 aromatic carbocycles. The van der Waals surface area contributed by atoms with Crippen molar-refractivity contribution >= 4 is 5.97 Å². The quantitative estimate of drug-likeness (QED) is 0.619. The van der Waals surface area contributed by atoms with Gasteiger partial charge in [-0.05, 0) is 42.2 Å². The smallest absolute Gasteiger partial charge is 0.345 e. The van der Waals surface area contributed by atoms with Crippen molar-refractivity contribution in [3.63, 3.8) is 0 Å². The maximum atomic E-state index is 12.0. The van der Waals surface area contributed by atoms with E-state index in [0.29, 0.717) is 17.2 Å². The number of benzene rings is 1. The second kappa shape index (κ2) is 5.65. The van der Waals surface area contributed by atoms with Crippen LogP contribution in [0.2, 0.25) is 0 Å². The average molecular weight is 255 g/mol. The van der Waals surface area contributed by atoms with Crippen LogP contribution in [0.1, 0.15) is 41.3 Å². The molecule has 0 atom stereocenters. The highest BCUT2D eigenvalue weighted by atomic mass is 16.5. The molecule has 0 saturated heterocycles. The highest BCUT2D eigenvalue weighted by Crippen LogP contribution is 2.28. The van der Waals surface area contributed by atoms with Gasteiger partial charge in [0.15, 0.2) is 0 Å². The van der Waals surface area contributed by atoms with Crippen molar-refractivity contribution < 1.29 is 9.53 Å². The lowest BCUT2D eigenvalue weighted by atomic mass is 10.0. The van der Waals surface area contributed by atoms with E-state index in [1.54, 1.807) is 18.3 Å². The average Bonchev–Trinajstić information content (AvgIpc) is 2.39. The van der Waals surface area contributed by atoms with Gasteiger partial charge >= 0.3 is 5.97 Å². The first-order valence-electron chi connectivity index (χ1n) is 6.30. The molecule has 2 rings (SSSR count). The summed E-state index contributed by atoms with van der Waals surface area (Å²) in [5.41, 5.74) is 2.56. The number of aromatic nitrogens is 1. The van der Waals surface area contributed by atoms with E-state index in [-0.39, 0.29) is 5.97 Å². The number of hydrogen-bond donors (Lipinski definition) is 0. The zero-order valence-electron chi connectivity index (χ0n) is 11.4. The molecule has 1 aromatic heterocycles. The van der Waals surface area contributed by atoms with E-state index in [2.05, 4.69) is 18.8 Å². The van der Waals surface area contributed by atoms with Gasteiger partial charge in [0, 0.05) is 12.4 Å². The molecule has 98 valence electrons. The van der Waals surface area contributed by atoms with Crippen LogP contribution in [0, 0.1) is 6.92 Å². The van der Waals surface area contributed by atoms with Gasteiger partial charge in [0.05, 0.1) is 5.56 Å². The zero-order chi connectivity index (χ0) is 13.8. The van der Waals surface area contributed by atoms with Crippen LogP contribution in [-0.4, -0.2) is 11.0 Å². The third-order valence-electron chi connectivity index (χ3n) is 2.89. The summed E-state index contributed by atoms with van der Waals surface area (Å²) in [6, 6.07) is 9.34. The van der Waals surface area contributed by atoms with Gasteiger partial charge in [0.25, 0.3) is 0 Å². The van der Waals surface area contributed by atoms with Crippen LogP contribution < -0.4 is 4.74 Å². The third kappa shape index (κ3) is 3.19. The number of nitrogens with zero attached hydrogens (tertiary/aromatic N) is 1. The molecule has 0 amide bonds. The lowest BCUT2D eigenvalue weighted by molar-refractivity contribution is 0.0732. The SMILES string of the molecule is Cc1ccc(C(C)C)c(OC(=O)c2cccnc2)c1. The molecule has 0 saturated carbocycles. The summed E-state index contributed by atoms with van der Waals surface area (Å²) < 4.78 is 5.49. The van der Waals surface area contributed by atoms with Crippen molar-refractivity contribution in [2.45, 2.75) is 26.7 Å². The van der Waals surface area contributed by atoms with Crippen molar-refractivity contribution in [1.82, 2.24) is 4.98 Å². The number of esters is 1. The molecule has 0 N–H and O–H groups in total. The van der Waals surface area contributed by atoms with E-state index in [9.17, 15) is 4.79 Å². The van der Waals surface area contributed by atoms with Gasteiger partial charge in [-0.2, -0.15) is 0 Å². The first kappa shape index (κ1) is 13.3. The van der Waals surface area contributed by atoms with Crippen molar-refractivity contribution in [2.24, 2.45) is 0 Å². The number of carbonyl (C=O) groups excluding carboxylic acids is 1. The molecule has 3 nitrogen and oxygen atoms in total. The summed E-state index contributed by atoms with van der Waals surface area (Å²) >= 11 is 0. The Labute approximate surface area is 113 Å². The maximum Gasteiger partial charge on any atom is 0.345 e. The van der Waals surface area contributed by atoms with Crippen LogP contribution in [-0.2, 0) is 0 Å². The van der Waals surface area contributed by atoms with Crippen LogP contribution in [0.25, 0.3) is 0 Å². The minimum Gasteiger partial charge on any atom is -0.423 e. The fourth-order valence-electron chi connectivity index (χ4n) is 1.85. The standard InChI is InChI=1S/C16H17NO2/c1-11(2)14-7-6-12(3)9-15(14)19-16(18)13-5-4-8-17-10-13/h4-11H,1-3H3. The molecule has 0 fully saturated rings. The Bertz CT molecular complexity index is 577. The van der Waals surface area contributed by atoms with E-state index in [0.717, 1.165) is 11.1 Å². The molecule has 0 aliphatic carbocycles. The molecule has 3 heteroatoms. The number of pyridine rings is 1. The Morgan fingerprint density at radius 2 is 2.05 bits per heavy atom. The molecule has 0 spiro atoms. The molecular weight excluding hydrogens is 238 g/mol. The third-order valence-corrected chi connectivity index (χ3v) is 2.89. The van der Waals surface area contributed by atoms with Crippen molar-refractivity contribution in [1.29, 1.82) is 0 Å². The molecule has 0 unspecified atom stereocenters. The predicted octanol–water partition coefficient (Wildman–Crippen LogP) is 3.73. The Morgan fingerprint density at radius 3 is 2.68 bits per heavy atom. The van der Waals surface area contributed by atoms with Gasteiger partial charge < -0.3 is 4.74 Å². The fraction of sp³-hybridized carbons (Fsp3) is 0.250.